The summed E-state index contributed by atoms with van der Waals surface area (Å²) in [7, 11) is 0. The molecule has 0 bridgehead atoms. The highest BCUT2D eigenvalue weighted by Gasteiger charge is 2.33. The standard InChI is InChI=1S/C15H26N4O2/c1-5-19-10-12(8-17-19)13(16)11-6-7-18(9-11)14(20)21-15(2,3)4/h8,10-11,13H,5-7,9,16H2,1-4H3. The van der Waals surface area contributed by atoms with Gasteiger partial charge >= 0.3 is 6.09 Å². The third kappa shape index (κ3) is 3.97. The Hall–Kier alpha value is -1.56. The van der Waals surface area contributed by atoms with Crippen molar-refractivity contribution in [1.29, 1.82) is 0 Å². The van der Waals surface area contributed by atoms with E-state index in [9.17, 15) is 4.79 Å². The lowest BCUT2D eigenvalue weighted by molar-refractivity contribution is 0.0286. The maximum Gasteiger partial charge on any atom is 0.410 e. The molecule has 2 heterocycles. The number of carbonyl (C=O) groups is 1. The zero-order chi connectivity index (χ0) is 15.6. The van der Waals surface area contributed by atoms with E-state index in [0.717, 1.165) is 18.5 Å². The van der Waals surface area contributed by atoms with E-state index in [0.29, 0.717) is 13.1 Å². The van der Waals surface area contributed by atoms with Crippen LogP contribution in [0, 0.1) is 5.92 Å². The average molecular weight is 294 g/mol. The summed E-state index contributed by atoms with van der Waals surface area (Å²) in [4.78, 5) is 13.8. The van der Waals surface area contributed by atoms with Gasteiger partial charge < -0.3 is 15.4 Å². The van der Waals surface area contributed by atoms with Gasteiger partial charge in [0.15, 0.2) is 0 Å². The maximum absolute atomic E-state index is 12.1. The van der Waals surface area contributed by atoms with Crippen molar-refractivity contribution >= 4 is 6.09 Å². The number of nitrogens with zero attached hydrogens (tertiary/aromatic N) is 3. The van der Waals surface area contributed by atoms with E-state index in [-0.39, 0.29) is 18.1 Å². The maximum atomic E-state index is 12.1. The Morgan fingerprint density at radius 2 is 2.29 bits per heavy atom. The van der Waals surface area contributed by atoms with Gasteiger partial charge in [-0.05, 0) is 40.0 Å². The van der Waals surface area contributed by atoms with Crippen LogP contribution in [0.4, 0.5) is 4.79 Å². The third-order valence-electron chi connectivity index (χ3n) is 3.75. The molecular formula is C15H26N4O2. The molecule has 2 rings (SSSR count). The molecule has 1 amide bonds. The molecule has 0 saturated carbocycles. The number of aromatic nitrogens is 2. The molecule has 0 radical (unpaired) electrons. The topological polar surface area (TPSA) is 73.4 Å². The molecule has 2 atom stereocenters. The first-order chi connectivity index (χ1) is 9.80. The van der Waals surface area contributed by atoms with Crippen molar-refractivity contribution in [1.82, 2.24) is 14.7 Å². The van der Waals surface area contributed by atoms with Crippen LogP contribution < -0.4 is 5.73 Å². The van der Waals surface area contributed by atoms with Crippen LogP contribution in [0.5, 0.6) is 0 Å². The highest BCUT2D eigenvalue weighted by molar-refractivity contribution is 5.68. The number of carbonyl (C=O) groups excluding carboxylic acids is 1. The number of ether oxygens (including phenoxy) is 1. The smallest absolute Gasteiger partial charge is 0.410 e. The Morgan fingerprint density at radius 3 is 2.86 bits per heavy atom. The van der Waals surface area contributed by atoms with Crippen molar-refractivity contribution in [2.75, 3.05) is 13.1 Å². The Kier molecular flexibility index (Phi) is 4.56. The molecule has 21 heavy (non-hydrogen) atoms. The second-order valence-corrected chi connectivity index (χ2v) is 6.63. The monoisotopic (exact) mass is 294 g/mol. The van der Waals surface area contributed by atoms with Gasteiger partial charge in [-0.1, -0.05) is 0 Å². The fraction of sp³-hybridized carbons (Fsp3) is 0.733. The van der Waals surface area contributed by atoms with Crippen LogP contribution in [-0.4, -0.2) is 39.5 Å². The highest BCUT2D eigenvalue weighted by Crippen LogP contribution is 2.28. The quantitative estimate of drug-likeness (QED) is 0.927. The van der Waals surface area contributed by atoms with Crippen molar-refractivity contribution < 1.29 is 9.53 Å². The van der Waals surface area contributed by atoms with E-state index in [2.05, 4.69) is 5.10 Å². The van der Waals surface area contributed by atoms with Crippen LogP contribution in [-0.2, 0) is 11.3 Å². The molecular weight excluding hydrogens is 268 g/mol. The van der Waals surface area contributed by atoms with Gasteiger partial charge in [0.05, 0.1) is 6.20 Å². The highest BCUT2D eigenvalue weighted by atomic mass is 16.6. The number of nitrogens with two attached hydrogens (primary N) is 1. The summed E-state index contributed by atoms with van der Waals surface area (Å²) in [5.41, 5.74) is 6.90. The van der Waals surface area contributed by atoms with Crippen LogP contribution in [0.1, 0.15) is 45.7 Å². The zero-order valence-electron chi connectivity index (χ0n) is 13.4. The molecule has 0 spiro atoms. The lowest BCUT2D eigenvalue weighted by Crippen LogP contribution is -2.36. The predicted molar refractivity (Wildman–Crippen MR) is 80.7 cm³/mol. The normalized spacial score (nSPS) is 20.6. The lowest BCUT2D eigenvalue weighted by Gasteiger charge is -2.25. The number of hydrogen-bond donors (Lipinski definition) is 1. The largest absolute Gasteiger partial charge is 0.444 e. The number of hydrogen-bond acceptors (Lipinski definition) is 4. The van der Waals surface area contributed by atoms with Crippen LogP contribution in [0.2, 0.25) is 0 Å². The first kappa shape index (κ1) is 15.8. The van der Waals surface area contributed by atoms with E-state index >= 15 is 0 Å². The van der Waals surface area contributed by atoms with E-state index in [4.69, 9.17) is 10.5 Å². The molecule has 0 aromatic carbocycles. The molecule has 2 unspecified atom stereocenters. The molecule has 1 aliphatic rings. The Morgan fingerprint density at radius 1 is 1.57 bits per heavy atom. The second-order valence-electron chi connectivity index (χ2n) is 6.63. The summed E-state index contributed by atoms with van der Waals surface area (Å²) >= 11 is 0. The van der Waals surface area contributed by atoms with E-state index in [1.807, 2.05) is 44.8 Å². The number of aryl methyl sites for hydroxylation is 1. The SMILES string of the molecule is CCn1cc(C(N)C2CCN(C(=O)OC(C)(C)C)C2)cn1. The van der Waals surface area contributed by atoms with Crippen LogP contribution >= 0.6 is 0 Å². The van der Waals surface area contributed by atoms with E-state index < -0.39 is 5.60 Å². The van der Waals surface area contributed by atoms with Crippen LogP contribution in [0.3, 0.4) is 0 Å². The molecule has 6 nitrogen and oxygen atoms in total. The van der Waals surface area contributed by atoms with Gasteiger partial charge in [0, 0.05) is 37.4 Å². The van der Waals surface area contributed by atoms with Crippen molar-refractivity contribution in [3.63, 3.8) is 0 Å². The molecule has 2 N–H and O–H groups in total. The van der Waals surface area contributed by atoms with Crippen molar-refractivity contribution in [3.05, 3.63) is 18.0 Å². The fourth-order valence-corrected chi connectivity index (χ4v) is 2.57. The molecule has 0 aliphatic carbocycles. The van der Waals surface area contributed by atoms with Crippen LogP contribution in [0.25, 0.3) is 0 Å². The summed E-state index contributed by atoms with van der Waals surface area (Å²) in [6.07, 6.45) is 4.46. The fourth-order valence-electron chi connectivity index (χ4n) is 2.57. The first-order valence-corrected chi connectivity index (χ1v) is 7.56. The molecule has 1 aromatic heterocycles. The Bertz CT molecular complexity index is 492. The number of amides is 1. The lowest BCUT2D eigenvalue weighted by atomic mass is 9.95. The van der Waals surface area contributed by atoms with Gasteiger partial charge in [0.25, 0.3) is 0 Å². The first-order valence-electron chi connectivity index (χ1n) is 7.56. The average Bonchev–Trinajstić information content (AvgIpc) is 3.05. The molecule has 1 fully saturated rings. The van der Waals surface area contributed by atoms with E-state index in [1.165, 1.54) is 0 Å². The van der Waals surface area contributed by atoms with Gasteiger partial charge in [-0.3, -0.25) is 4.68 Å². The van der Waals surface area contributed by atoms with Crippen LogP contribution in [0.15, 0.2) is 12.4 Å². The third-order valence-corrected chi connectivity index (χ3v) is 3.75. The van der Waals surface area contributed by atoms with Gasteiger partial charge in [0.1, 0.15) is 5.60 Å². The van der Waals surface area contributed by atoms with Gasteiger partial charge in [-0.2, -0.15) is 5.10 Å². The zero-order valence-corrected chi connectivity index (χ0v) is 13.4. The van der Waals surface area contributed by atoms with E-state index in [1.54, 1.807) is 4.90 Å². The number of rotatable bonds is 3. The summed E-state index contributed by atoms with van der Waals surface area (Å²) in [6.45, 7) is 9.86. The summed E-state index contributed by atoms with van der Waals surface area (Å²) < 4.78 is 7.28. The van der Waals surface area contributed by atoms with Crippen molar-refractivity contribution in [2.24, 2.45) is 11.7 Å². The van der Waals surface area contributed by atoms with Crippen molar-refractivity contribution in [2.45, 2.75) is 52.3 Å². The number of likely N-dealkylation sites (tertiary alicyclic amines) is 1. The Labute approximate surface area is 126 Å². The van der Waals surface area contributed by atoms with Gasteiger partial charge in [0.2, 0.25) is 0 Å². The summed E-state index contributed by atoms with van der Waals surface area (Å²) in [6, 6.07) is -0.0854. The molecule has 1 aliphatic heterocycles. The second kappa shape index (κ2) is 6.05. The van der Waals surface area contributed by atoms with Gasteiger partial charge in [-0.25, -0.2) is 4.79 Å². The summed E-state index contributed by atoms with van der Waals surface area (Å²) in [5, 5.41) is 4.26. The minimum Gasteiger partial charge on any atom is -0.444 e. The molecule has 1 aromatic rings. The summed E-state index contributed by atoms with van der Waals surface area (Å²) in [5.74, 6) is 0.257. The minimum absolute atomic E-state index is 0.0854. The predicted octanol–water partition coefficient (Wildman–Crippen LogP) is 2.16. The Balaban J connectivity index is 1.94. The van der Waals surface area contributed by atoms with Crippen molar-refractivity contribution in [3.8, 4) is 0 Å². The molecule has 118 valence electrons. The molecule has 1 saturated heterocycles. The molecule has 6 heteroatoms. The van der Waals surface area contributed by atoms with Gasteiger partial charge in [-0.15, -0.1) is 0 Å². The minimum atomic E-state index is -0.459.